The second-order valence-corrected chi connectivity index (χ2v) is 6.50. The van der Waals surface area contributed by atoms with Crippen LogP contribution in [-0.2, 0) is 19.1 Å². The van der Waals surface area contributed by atoms with Crippen LogP contribution < -0.4 is 10.6 Å². The maximum Gasteiger partial charge on any atom is 0.341 e. The monoisotopic (exact) mass is 381 g/mol. The van der Waals surface area contributed by atoms with Gasteiger partial charge in [-0.1, -0.05) is 0 Å². The SMILES string of the molecule is CCOC(=O)c1c(NC(=O)CN2C(=O)CCC2=O)sc(C(=O)NC)c1C. The lowest BCUT2D eigenvalue weighted by Gasteiger charge is -2.13. The van der Waals surface area contributed by atoms with Crippen molar-refractivity contribution in [3.63, 3.8) is 0 Å². The number of esters is 1. The number of carbonyl (C=O) groups is 5. The number of nitrogens with zero attached hydrogens (tertiary/aromatic N) is 1. The molecule has 0 bridgehead atoms. The minimum absolute atomic E-state index is 0.0825. The number of imide groups is 1. The molecule has 1 saturated heterocycles. The van der Waals surface area contributed by atoms with Gasteiger partial charge in [-0.25, -0.2) is 4.79 Å². The van der Waals surface area contributed by atoms with E-state index in [1.807, 2.05) is 0 Å². The normalized spacial score (nSPS) is 13.7. The van der Waals surface area contributed by atoms with Crippen LogP contribution in [0.25, 0.3) is 0 Å². The van der Waals surface area contributed by atoms with Crippen LogP contribution >= 0.6 is 11.3 Å². The van der Waals surface area contributed by atoms with Crippen LogP contribution in [0.3, 0.4) is 0 Å². The Morgan fingerprint density at radius 3 is 2.35 bits per heavy atom. The van der Waals surface area contributed by atoms with Crippen molar-refractivity contribution in [2.45, 2.75) is 26.7 Å². The van der Waals surface area contributed by atoms with Gasteiger partial charge in [-0.15, -0.1) is 11.3 Å². The summed E-state index contributed by atoms with van der Waals surface area (Å²) in [6.07, 6.45) is 0.165. The van der Waals surface area contributed by atoms with Gasteiger partial charge < -0.3 is 15.4 Å². The average Bonchev–Trinajstić information content (AvgIpc) is 3.08. The summed E-state index contributed by atoms with van der Waals surface area (Å²) in [5, 5.41) is 5.12. The molecule has 1 aromatic heterocycles. The number of hydrogen-bond acceptors (Lipinski definition) is 7. The zero-order valence-corrected chi connectivity index (χ0v) is 15.4. The van der Waals surface area contributed by atoms with E-state index < -0.39 is 36.1 Å². The van der Waals surface area contributed by atoms with E-state index in [1.54, 1.807) is 13.8 Å². The average molecular weight is 381 g/mol. The summed E-state index contributed by atoms with van der Waals surface area (Å²) in [4.78, 5) is 60.8. The summed E-state index contributed by atoms with van der Waals surface area (Å²) in [5.41, 5.74) is 0.472. The molecule has 2 rings (SSSR count). The lowest BCUT2D eigenvalue weighted by atomic mass is 10.1. The van der Waals surface area contributed by atoms with Gasteiger partial charge in [0, 0.05) is 19.9 Å². The van der Waals surface area contributed by atoms with Crippen LogP contribution in [-0.4, -0.2) is 54.7 Å². The third-order valence-electron chi connectivity index (χ3n) is 3.77. The minimum atomic E-state index is -0.667. The van der Waals surface area contributed by atoms with Crippen LogP contribution in [0.5, 0.6) is 0 Å². The first-order chi connectivity index (χ1) is 12.3. The van der Waals surface area contributed by atoms with Gasteiger partial charge in [0.15, 0.2) is 0 Å². The number of ether oxygens (including phenoxy) is 1. The van der Waals surface area contributed by atoms with Crippen molar-refractivity contribution in [2.24, 2.45) is 0 Å². The lowest BCUT2D eigenvalue weighted by Crippen LogP contribution is -2.37. The summed E-state index contributed by atoms with van der Waals surface area (Å²) >= 11 is 0.928. The molecule has 4 amide bonds. The minimum Gasteiger partial charge on any atom is -0.462 e. The summed E-state index contributed by atoms with van der Waals surface area (Å²) in [6, 6.07) is 0. The van der Waals surface area contributed by atoms with Gasteiger partial charge in [-0.05, 0) is 19.4 Å². The quantitative estimate of drug-likeness (QED) is 0.552. The Labute approximate surface area is 153 Å². The molecule has 0 radical (unpaired) electrons. The molecule has 0 aromatic carbocycles. The maximum atomic E-state index is 12.2. The molecule has 1 fully saturated rings. The summed E-state index contributed by atoms with van der Waals surface area (Å²) < 4.78 is 4.99. The van der Waals surface area contributed by atoms with Crippen LogP contribution in [0.15, 0.2) is 0 Å². The van der Waals surface area contributed by atoms with Crippen molar-refractivity contribution in [3.05, 3.63) is 16.0 Å². The van der Waals surface area contributed by atoms with Gasteiger partial charge in [0.05, 0.1) is 17.0 Å². The first-order valence-electron chi connectivity index (χ1n) is 7.95. The number of anilines is 1. The second kappa shape index (κ2) is 8.09. The Hall–Kier alpha value is -2.75. The van der Waals surface area contributed by atoms with E-state index in [-0.39, 0.29) is 34.9 Å². The maximum absolute atomic E-state index is 12.2. The van der Waals surface area contributed by atoms with Crippen molar-refractivity contribution in [1.29, 1.82) is 0 Å². The lowest BCUT2D eigenvalue weighted by molar-refractivity contribution is -0.141. The molecule has 0 atom stereocenters. The molecule has 0 unspecified atom stereocenters. The number of thiophene rings is 1. The van der Waals surface area contributed by atoms with Gasteiger partial charge in [0.2, 0.25) is 17.7 Å². The van der Waals surface area contributed by atoms with Gasteiger partial charge in [-0.2, -0.15) is 0 Å². The fourth-order valence-corrected chi connectivity index (χ4v) is 3.65. The number of hydrogen-bond donors (Lipinski definition) is 2. The van der Waals surface area contributed by atoms with E-state index in [9.17, 15) is 24.0 Å². The molecule has 0 spiro atoms. The Bertz CT molecular complexity index is 769. The first kappa shape index (κ1) is 19.6. The number of nitrogens with one attached hydrogen (secondary N) is 2. The van der Waals surface area contributed by atoms with E-state index in [1.165, 1.54) is 7.05 Å². The number of likely N-dealkylation sites (tertiary alicyclic amines) is 1. The van der Waals surface area contributed by atoms with E-state index in [0.717, 1.165) is 16.2 Å². The Morgan fingerprint density at radius 2 is 1.81 bits per heavy atom. The van der Waals surface area contributed by atoms with Gasteiger partial charge in [0.25, 0.3) is 5.91 Å². The van der Waals surface area contributed by atoms with Crippen molar-refractivity contribution in [3.8, 4) is 0 Å². The Balaban J connectivity index is 2.27. The molecule has 1 aliphatic heterocycles. The van der Waals surface area contributed by atoms with Crippen LogP contribution in [0, 0.1) is 6.92 Å². The molecule has 2 heterocycles. The van der Waals surface area contributed by atoms with Crippen LogP contribution in [0.1, 0.15) is 45.4 Å². The van der Waals surface area contributed by atoms with E-state index in [0.29, 0.717) is 5.56 Å². The molecule has 140 valence electrons. The van der Waals surface area contributed by atoms with E-state index >= 15 is 0 Å². The van der Waals surface area contributed by atoms with Crippen LogP contribution in [0.2, 0.25) is 0 Å². The highest BCUT2D eigenvalue weighted by Crippen LogP contribution is 2.33. The summed E-state index contributed by atoms with van der Waals surface area (Å²) in [6.45, 7) is 2.92. The first-order valence-corrected chi connectivity index (χ1v) is 8.77. The van der Waals surface area contributed by atoms with Crippen molar-refractivity contribution >= 4 is 45.9 Å². The number of amides is 4. The van der Waals surface area contributed by atoms with Crippen molar-refractivity contribution < 1.29 is 28.7 Å². The highest BCUT2D eigenvalue weighted by atomic mass is 32.1. The summed E-state index contributed by atoms with van der Waals surface area (Å²) in [5.74, 6) is -2.53. The third-order valence-corrected chi connectivity index (χ3v) is 4.98. The molecule has 0 saturated carbocycles. The Morgan fingerprint density at radius 1 is 1.19 bits per heavy atom. The zero-order valence-electron chi connectivity index (χ0n) is 14.6. The van der Waals surface area contributed by atoms with Crippen molar-refractivity contribution in [2.75, 3.05) is 25.5 Å². The molecule has 26 heavy (non-hydrogen) atoms. The molecule has 1 aromatic rings. The predicted molar refractivity (Wildman–Crippen MR) is 93.0 cm³/mol. The highest BCUT2D eigenvalue weighted by molar-refractivity contribution is 7.18. The third kappa shape index (κ3) is 3.90. The van der Waals surface area contributed by atoms with E-state index in [4.69, 9.17) is 4.74 Å². The summed E-state index contributed by atoms with van der Waals surface area (Å²) in [7, 11) is 1.45. The molecule has 0 aliphatic carbocycles. The molecule has 9 nitrogen and oxygen atoms in total. The largest absolute Gasteiger partial charge is 0.462 e. The number of rotatable bonds is 6. The molecular weight excluding hydrogens is 362 g/mol. The van der Waals surface area contributed by atoms with Gasteiger partial charge >= 0.3 is 5.97 Å². The fraction of sp³-hybridized carbons (Fsp3) is 0.438. The topological polar surface area (TPSA) is 122 Å². The van der Waals surface area contributed by atoms with Gasteiger partial charge in [-0.3, -0.25) is 24.1 Å². The fourth-order valence-electron chi connectivity index (χ4n) is 2.49. The second-order valence-electron chi connectivity index (χ2n) is 5.48. The molecular formula is C16H19N3O6S. The predicted octanol–water partition coefficient (Wildman–Crippen LogP) is 0.680. The van der Waals surface area contributed by atoms with Crippen molar-refractivity contribution in [1.82, 2.24) is 10.2 Å². The zero-order chi connectivity index (χ0) is 19.4. The Kier molecular flexibility index (Phi) is 6.09. The number of carbonyl (C=O) groups excluding carboxylic acids is 5. The van der Waals surface area contributed by atoms with Crippen LogP contribution in [0.4, 0.5) is 5.00 Å². The molecule has 10 heteroatoms. The highest BCUT2D eigenvalue weighted by Gasteiger charge is 2.32. The van der Waals surface area contributed by atoms with E-state index in [2.05, 4.69) is 10.6 Å². The molecule has 1 aliphatic rings. The molecule has 2 N–H and O–H groups in total. The smallest absolute Gasteiger partial charge is 0.341 e. The standard InChI is InChI=1S/C16H19N3O6S/c1-4-25-16(24)12-8(2)13(14(23)17-3)26-15(12)18-9(20)7-19-10(21)5-6-11(19)22/h4-7H2,1-3H3,(H,17,23)(H,18,20). The van der Waals surface area contributed by atoms with Gasteiger partial charge in [0.1, 0.15) is 11.5 Å².